The monoisotopic (exact) mass is 550 g/mol. The van der Waals surface area contributed by atoms with Crippen LogP contribution in [0.1, 0.15) is 37.7 Å². The molecule has 5 rings (SSSR count). The van der Waals surface area contributed by atoms with Gasteiger partial charge in [0.25, 0.3) is 5.91 Å². The molecule has 0 aromatic carbocycles. The summed E-state index contributed by atoms with van der Waals surface area (Å²) in [5.74, 6) is -0.756. The van der Waals surface area contributed by atoms with E-state index in [1.807, 2.05) is 24.1 Å². The number of pyridine rings is 2. The zero-order chi connectivity index (χ0) is 27.9. The van der Waals surface area contributed by atoms with Crippen LogP contribution in [0, 0.1) is 0 Å². The van der Waals surface area contributed by atoms with Crippen molar-refractivity contribution in [3.8, 4) is 5.75 Å². The lowest BCUT2D eigenvalue weighted by atomic mass is 10.1. The molecule has 2 aromatic rings. The highest BCUT2D eigenvalue weighted by Gasteiger charge is 2.41. The highest BCUT2D eigenvalue weighted by atomic mass is 19.4. The quantitative estimate of drug-likeness (QED) is 0.563. The number of halogens is 3. The van der Waals surface area contributed by atoms with E-state index in [9.17, 15) is 22.8 Å². The second-order valence-electron chi connectivity index (χ2n) is 10.1. The van der Waals surface area contributed by atoms with Crippen molar-refractivity contribution in [2.75, 3.05) is 41.4 Å². The fraction of sp³-hybridized carbons (Fsp3) is 0.520. The Bertz CT molecular complexity index is 1260. The lowest BCUT2D eigenvalue weighted by Crippen LogP contribution is -2.49. The molecule has 2 bridgehead atoms. The third-order valence-corrected chi connectivity index (χ3v) is 6.71. The number of nitrogens with zero attached hydrogens (tertiary/aromatic N) is 4. The van der Waals surface area contributed by atoms with Crippen molar-refractivity contribution < 1.29 is 37.0 Å². The molecule has 0 radical (unpaired) electrons. The molecule has 2 fully saturated rings. The van der Waals surface area contributed by atoms with Gasteiger partial charge in [-0.15, -0.1) is 0 Å². The van der Waals surface area contributed by atoms with Gasteiger partial charge >= 0.3 is 12.2 Å². The lowest BCUT2D eigenvalue weighted by Gasteiger charge is -2.35. The van der Waals surface area contributed by atoms with Crippen molar-refractivity contribution in [1.29, 1.82) is 0 Å². The Morgan fingerprint density at radius 3 is 2.79 bits per heavy atom. The fourth-order valence-electron chi connectivity index (χ4n) is 4.72. The summed E-state index contributed by atoms with van der Waals surface area (Å²) in [4.78, 5) is 37.9. The lowest BCUT2D eigenvalue weighted by molar-refractivity contribution is -0.149. The average molecular weight is 551 g/mol. The minimum Gasteiger partial charge on any atom is -0.491 e. The second-order valence-corrected chi connectivity index (χ2v) is 10.1. The van der Waals surface area contributed by atoms with Gasteiger partial charge in [0.05, 0.1) is 18.3 Å². The summed E-state index contributed by atoms with van der Waals surface area (Å²) in [6.45, 7) is 6.38. The standard InChI is InChI=1S/C25H29F3N6O5/c1-14(25(26,27)28)30-22(35)18-4-5-19-21(31-18)34(15-7-9-33(19)11-15)23(36)32-20-10-16(6-8-29-20)37-12-17-13-38-24(2,3)39-17/h4-6,8,10,14-15,17H,7,9,11-13H2,1-3H3,(H,30,35)(H,29,32,36)/t14?,15-,17+/m0/s1. The van der Waals surface area contributed by atoms with Gasteiger partial charge in [0.15, 0.2) is 11.6 Å². The molecule has 0 saturated carbocycles. The van der Waals surface area contributed by atoms with E-state index in [2.05, 4.69) is 15.3 Å². The summed E-state index contributed by atoms with van der Waals surface area (Å²) in [6.07, 6.45) is -2.68. The molecular formula is C25H29F3N6O5. The van der Waals surface area contributed by atoms with Gasteiger partial charge in [-0.05, 0) is 45.4 Å². The van der Waals surface area contributed by atoms with Crippen molar-refractivity contribution in [2.45, 2.75) is 57.3 Å². The molecule has 14 heteroatoms. The molecule has 0 aliphatic carbocycles. The number of rotatable bonds is 6. The molecule has 3 atom stereocenters. The van der Waals surface area contributed by atoms with E-state index in [1.54, 1.807) is 18.2 Å². The summed E-state index contributed by atoms with van der Waals surface area (Å²) >= 11 is 0. The van der Waals surface area contributed by atoms with E-state index in [-0.39, 0.29) is 36.1 Å². The number of carbonyl (C=O) groups is 2. The number of hydrogen-bond donors (Lipinski definition) is 2. The van der Waals surface area contributed by atoms with E-state index in [0.717, 1.165) is 6.92 Å². The molecule has 210 valence electrons. The molecule has 3 aliphatic rings. The smallest absolute Gasteiger partial charge is 0.408 e. The number of carbonyl (C=O) groups excluding carboxylic acids is 2. The summed E-state index contributed by atoms with van der Waals surface area (Å²) in [5, 5.41) is 4.66. The number of alkyl halides is 3. The van der Waals surface area contributed by atoms with Crippen LogP contribution >= 0.6 is 0 Å². The van der Waals surface area contributed by atoms with Crippen LogP contribution in [-0.4, -0.2) is 78.4 Å². The van der Waals surface area contributed by atoms with Crippen molar-refractivity contribution in [3.05, 3.63) is 36.2 Å². The Balaban J connectivity index is 1.31. The molecule has 2 saturated heterocycles. The zero-order valence-electron chi connectivity index (χ0n) is 21.6. The van der Waals surface area contributed by atoms with Gasteiger partial charge in [0, 0.05) is 25.4 Å². The van der Waals surface area contributed by atoms with Crippen LogP contribution in [0.15, 0.2) is 30.5 Å². The van der Waals surface area contributed by atoms with Crippen molar-refractivity contribution in [1.82, 2.24) is 15.3 Å². The summed E-state index contributed by atoms with van der Waals surface area (Å²) in [7, 11) is 0. The number of anilines is 3. The van der Waals surface area contributed by atoms with Crippen LogP contribution in [0.4, 0.5) is 35.3 Å². The number of nitrogens with one attached hydrogen (secondary N) is 2. The van der Waals surface area contributed by atoms with Crippen LogP contribution in [0.5, 0.6) is 5.75 Å². The van der Waals surface area contributed by atoms with Crippen molar-refractivity contribution in [3.63, 3.8) is 0 Å². The van der Waals surface area contributed by atoms with Crippen LogP contribution in [-0.2, 0) is 9.47 Å². The molecule has 2 aromatic heterocycles. The average Bonchev–Trinajstić information content (AvgIpc) is 3.45. The van der Waals surface area contributed by atoms with E-state index >= 15 is 0 Å². The van der Waals surface area contributed by atoms with Crippen molar-refractivity contribution >= 4 is 29.3 Å². The maximum absolute atomic E-state index is 13.4. The maximum atomic E-state index is 13.4. The number of ether oxygens (including phenoxy) is 3. The third-order valence-electron chi connectivity index (χ3n) is 6.71. The summed E-state index contributed by atoms with van der Waals surface area (Å²) in [6, 6.07) is 3.35. The molecule has 2 N–H and O–H groups in total. The van der Waals surface area contributed by atoms with Crippen LogP contribution in [0.3, 0.4) is 0 Å². The number of hydrogen-bond acceptors (Lipinski definition) is 8. The van der Waals surface area contributed by atoms with Gasteiger partial charge in [0.2, 0.25) is 0 Å². The first-order valence-corrected chi connectivity index (χ1v) is 12.5. The predicted octanol–water partition coefficient (Wildman–Crippen LogP) is 3.32. The normalized spacial score (nSPS) is 22.3. The van der Waals surface area contributed by atoms with Crippen LogP contribution in [0.2, 0.25) is 0 Å². The minimum absolute atomic E-state index is 0.196. The zero-order valence-corrected chi connectivity index (χ0v) is 21.6. The molecular weight excluding hydrogens is 521 g/mol. The van der Waals surface area contributed by atoms with Gasteiger partial charge in [-0.1, -0.05) is 0 Å². The topological polar surface area (TPSA) is 118 Å². The highest BCUT2D eigenvalue weighted by Crippen LogP contribution is 2.39. The molecule has 3 aliphatic heterocycles. The van der Waals surface area contributed by atoms with Crippen molar-refractivity contribution in [2.24, 2.45) is 0 Å². The first-order chi connectivity index (χ1) is 18.4. The Morgan fingerprint density at radius 2 is 2.08 bits per heavy atom. The Hall–Kier alpha value is -3.65. The second kappa shape index (κ2) is 10.2. The number of urea groups is 1. The molecule has 1 unspecified atom stereocenters. The first kappa shape index (κ1) is 26.9. The van der Waals surface area contributed by atoms with E-state index in [4.69, 9.17) is 14.2 Å². The van der Waals surface area contributed by atoms with Gasteiger partial charge in [-0.3, -0.25) is 15.0 Å². The van der Waals surface area contributed by atoms with E-state index < -0.39 is 29.9 Å². The van der Waals surface area contributed by atoms with Gasteiger partial charge in [-0.25, -0.2) is 14.8 Å². The predicted molar refractivity (Wildman–Crippen MR) is 134 cm³/mol. The number of aromatic nitrogens is 2. The first-order valence-electron chi connectivity index (χ1n) is 12.5. The Kier molecular flexibility index (Phi) is 7.01. The molecule has 39 heavy (non-hydrogen) atoms. The fourth-order valence-corrected chi connectivity index (χ4v) is 4.72. The Morgan fingerprint density at radius 1 is 1.28 bits per heavy atom. The van der Waals surface area contributed by atoms with Gasteiger partial charge in [-0.2, -0.15) is 13.2 Å². The van der Waals surface area contributed by atoms with Crippen LogP contribution < -0.4 is 25.2 Å². The maximum Gasteiger partial charge on any atom is 0.408 e. The SMILES string of the molecule is CC(NC(=O)c1ccc2c(n1)N(C(=O)Nc1cc(OC[C@@H]3COC(C)(C)O3)ccn1)[C@H]1CCN2C1)C(F)(F)F. The molecule has 5 heterocycles. The minimum atomic E-state index is -4.60. The van der Waals surface area contributed by atoms with Gasteiger partial charge in [0.1, 0.15) is 36.0 Å². The molecule has 11 nitrogen and oxygen atoms in total. The number of amides is 3. The van der Waals surface area contributed by atoms with E-state index in [0.29, 0.717) is 37.6 Å². The Labute approximate surface area is 222 Å². The highest BCUT2D eigenvalue weighted by molar-refractivity contribution is 6.05. The third kappa shape index (κ3) is 5.86. The van der Waals surface area contributed by atoms with Gasteiger partial charge < -0.3 is 24.4 Å². The number of fused-ring (bicyclic) bond motifs is 4. The largest absolute Gasteiger partial charge is 0.491 e. The molecule has 3 amide bonds. The van der Waals surface area contributed by atoms with Crippen LogP contribution in [0.25, 0.3) is 0 Å². The summed E-state index contributed by atoms with van der Waals surface area (Å²) < 4.78 is 55.9. The summed E-state index contributed by atoms with van der Waals surface area (Å²) in [5.41, 5.74) is 0.394. The van der Waals surface area contributed by atoms with E-state index in [1.165, 1.54) is 17.2 Å². The molecule has 0 spiro atoms.